The van der Waals surface area contributed by atoms with E-state index in [0.717, 1.165) is 11.5 Å². The molecule has 5 heteroatoms. The van der Waals surface area contributed by atoms with Gasteiger partial charge in [-0.05, 0) is 24.1 Å². The van der Waals surface area contributed by atoms with E-state index in [1.54, 1.807) is 6.20 Å². The van der Waals surface area contributed by atoms with Crippen molar-refractivity contribution in [3.63, 3.8) is 0 Å². The van der Waals surface area contributed by atoms with Crippen LogP contribution in [0.4, 0.5) is 5.69 Å². The molecule has 2 rings (SSSR count). The van der Waals surface area contributed by atoms with Gasteiger partial charge in [-0.25, -0.2) is 4.98 Å². The molecule has 0 fully saturated rings. The standard InChI is InChI=1S/C17H24N4O/c1-12(2)15(16-18-9-10-21(16)5)19-17(22)13-7-6-8-14(11-13)20(3)4/h6-12,15H,1-5H3,(H,19,22)/t15-/m1/s1. The Labute approximate surface area is 132 Å². The third kappa shape index (κ3) is 3.47. The van der Waals surface area contributed by atoms with Crippen molar-refractivity contribution in [1.82, 2.24) is 14.9 Å². The Morgan fingerprint density at radius 3 is 2.59 bits per heavy atom. The van der Waals surface area contributed by atoms with Crippen molar-refractivity contribution in [2.24, 2.45) is 13.0 Å². The molecule has 1 aromatic carbocycles. The largest absolute Gasteiger partial charge is 0.378 e. The summed E-state index contributed by atoms with van der Waals surface area (Å²) in [5.74, 6) is 1.04. The molecule has 1 aromatic heterocycles. The highest BCUT2D eigenvalue weighted by Crippen LogP contribution is 2.21. The molecule has 0 radical (unpaired) electrons. The highest BCUT2D eigenvalue weighted by molar-refractivity contribution is 5.95. The lowest BCUT2D eigenvalue weighted by Gasteiger charge is -2.22. The molecule has 0 aliphatic carbocycles. The maximum Gasteiger partial charge on any atom is 0.251 e. The summed E-state index contributed by atoms with van der Waals surface area (Å²) in [5, 5.41) is 3.10. The lowest BCUT2D eigenvalue weighted by atomic mass is 10.0. The van der Waals surface area contributed by atoms with E-state index in [1.807, 2.05) is 61.1 Å². The lowest BCUT2D eigenvalue weighted by Crippen LogP contribution is -2.33. The summed E-state index contributed by atoms with van der Waals surface area (Å²) < 4.78 is 1.95. The molecule has 1 atom stereocenters. The number of rotatable bonds is 5. The van der Waals surface area contributed by atoms with Crippen molar-refractivity contribution >= 4 is 11.6 Å². The van der Waals surface area contributed by atoms with E-state index in [0.29, 0.717) is 5.56 Å². The number of carbonyl (C=O) groups is 1. The van der Waals surface area contributed by atoms with Gasteiger partial charge in [-0.2, -0.15) is 0 Å². The quantitative estimate of drug-likeness (QED) is 0.923. The van der Waals surface area contributed by atoms with Crippen molar-refractivity contribution in [1.29, 1.82) is 0 Å². The SMILES string of the molecule is CC(C)[C@@H](NC(=O)c1cccc(N(C)C)c1)c1nccn1C. The van der Waals surface area contributed by atoms with Crippen LogP contribution in [0.25, 0.3) is 0 Å². The van der Waals surface area contributed by atoms with E-state index in [2.05, 4.69) is 24.1 Å². The van der Waals surface area contributed by atoms with Crippen molar-refractivity contribution in [2.75, 3.05) is 19.0 Å². The molecule has 0 unspecified atom stereocenters. The maximum absolute atomic E-state index is 12.6. The second-order valence-electron chi connectivity index (χ2n) is 6.04. The molecule has 5 nitrogen and oxygen atoms in total. The number of carbonyl (C=O) groups excluding carboxylic acids is 1. The van der Waals surface area contributed by atoms with E-state index in [4.69, 9.17) is 0 Å². The molecule has 0 aliphatic rings. The number of amides is 1. The van der Waals surface area contributed by atoms with Crippen LogP contribution in [0, 0.1) is 5.92 Å². The summed E-state index contributed by atoms with van der Waals surface area (Å²) >= 11 is 0. The number of nitrogens with one attached hydrogen (secondary N) is 1. The number of nitrogens with zero attached hydrogens (tertiary/aromatic N) is 3. The van der Waals surface area contributed by atoms with Crippen LogP contribution in [0.2, 0.25) is 0 Å². The fourth-order valence-corrected chi connectivity index (χ4v) is 2.36. The van der Waals surface area contributed by atoms with E-state index >= 15 is 0 Å². The van der Waals surface area contributed by atoms with Gasteiger partial charge in [0.15, 0.2) is 0 Å². The monoisotopic (exact) mass is 300 g/mol. The van der Waals surface area contributed by atoms with Gasteiger partial charge >= 0.3 is 0 Å². The number of benzene rings is 1. The normalized spacial score (nSPS) is 12.3. The van der Waals surface area contributed by atoms with Gasteiger partial charge in [0.25, 0.3) is 5.91 Å². The first-order valence-corrected chi connectivity index (χ1v) is 7.45. The van der Waals surface area contributed by atoms with E-state index in [-0.39, 0.29) is 17.9 Å². The Hall–Kier alpha value is -2.30. The lowest BCUT2D eigenvalue weighted by molar-refractivity contribution is 0.0922. The van der Waals surface area contributed by atoms with Gasteiger partial charge in [-0.3, -0.25) is 4.79 Å². The Morgan fingerprint density at radius 2 is 2.05 bits per heavy atom. The summed E-state index contributed by atoms with van der Waals surface area (Å²) in [6.07, 6.45) is 3.65. The molecule has 0 aliphatic heterocycles. The summed E-state index contributed by atoms with van der Waals surface area (Å²) in [5.41, 5.74) is 1.66. The Bertz CT molecular complexity index is 646. The van der Waals surface area contributed by atoms with Gasteiger partial charge < -0.3 is 14.8 Å². The Morgan fingerprint density at radius 1 is 1.32 bits per heavy atom. The summed E-state index contributed by atoms with van der Waals surface area (Å²) in [6, 6.07) is 7.49. The first-order chi connectivity index (χ1) is 10.4. The molecule has 118 valence electrons. The maximum atomic E-state index is 12.6. The zero-order chi connectivity index (χ0) is 16.3. The van der Waals surface area contributed by atoms with Crippen molar-refractivity contribution in [3.8, 4) is 0 Å². The number of hydrogen-bond donors (Lipinski definition) is 1. The van der Waals surface area contributed by atoms with Crippen LogP contribution in [-0.2, 0) is 7.05 Å². The third-order valence-electron chi connectivity index (χ3n) is 3.71. The van der Waals surface area contributed by atoms with Crippen molar-refractivity contribution in [3.05, 3.63) is 48.0 Å². The molecule has 1 heterocycles. The van der Waals surface area contributed by atoms with Crippen LogP contribution in [0.3, 0.4) is 0 Å². The fraction of sp³-hybridized carbons (Fsp3) is 0.412. The highest BCUT2D eigenvalue weighted by atomic mass is 16.1. The molecule has 0 spiro atoms. The minimum absolute atomic E-state index is 0.0783. The molecule has 0 bridgehead atoms. The zero-order valence-corrected chi connectivity index (χ0v) is 13.9. The predicted molar refractivity (Wildman–Crippen MR) is 89.0 cm³/mol. The molecule has 22 heavy (non-hydrogen) atoms. The Kier molecular flexibility index (Phi) is 4.85. The predicted octanol–water partition coefficient (Wildman–Crippen LogP) is 2.61. The van der Waals surface area contributed by atoms with Gasteiger partial charge in [-0.15, -0.1) is 0 Å². The number of imidazole rings is 1. The molecular weight excluding hydrogens is 276 g/mol. The topological polar surface area (TPSA) is 50.2 Å². The van der Waals surface area contributed by atoms with Gasteiger partial charge in [0.05, 0.1) is 6.04 Å². The van der Waals surface area contributed by atoms with Crippen LogP contribution >= 0.6 is 0 Å². The third-order valence-corrected chi connectivity index (χ3v) is 3.71. The summed E-state index contributed by atoms with van der Waals surface area (Å²) in [6.45, 7) is 4.16. The molecular formula is C17H24N4O. The minimum Gasteiger partial charge on any atom is -0.378 e. The van der Waals surface area contributed by atoms with Crippen LogP contribution in [-0.4, -0.2) is 29.6 Å². The second-order valence-corrected chi connectivity index (χ2v) is 6.04. The minimum atomic E-state index is -0.115. The van der Waals surface area contributed by atoms with E-state index < -0.39 is 0 Å². The molecule has 0 saturated carbocycles. The van der Waals surface area contributed by atoms with Crippen LogP contribution in [0.15, 0.2) is 36.7 Å². The molecule has 1 N–H and O–H groups in total. The summed E-state index contributed by atoms with van der Waals surface area (Å²) in [7, 11) is 5.86. The number of aromatic nitrogens is 2. The average molecular weight is 300 g/mol. The fourth-order valence-electron chi connectivity index (χ4n) is 2.36. The first kappa shape index (κ1) is 16.1. The van der Waals surface area contributed by atoms with E-state index in [1.165, 1.54) is 0 Å². The zero-order valence-electron chi connectivity index (χ0n) is 13.9. The molecule has 1 amide bonds. The number of hydrogen-bond acceptors (Lipinski definition) is 3. The summed E-state index contributed by atoms with van der Waals surface area (Å²) in [4.78, 5) is 18.9. The average Bonchev–Trinajstić information content (AvgIpc) is 2.90. The van der Waals surface area contributed by atoms with Gasteiger partial charge in [0.1, 0.15) is 5.82 Å². The smallest absolute Gasteiger partial charge is 0.251 e. The van der Waals surface area contributed by atoms with Crippen LogP contribution < -0.4 is 10.2 Å². The molecule has 0 saturated heterocycles. The highest BCUT2D eigenvalue weighted by Gasteiger charge is 2.22. The second kappa shape index (κ2) is 6.64. The Balaban J connectivity index is 2.22. The number of aryl methyl sites for hydroxylation is 1. The van der Waals surface area contributed by atoms with Gasteiger partial charge in [0.2, 0.25) is 0 Å². The van der Waals surface area contributed by atoms with Gasteiger partial charge in [-0.1, -0.05) is 19.9 Å². The van der Waals surface area contributed by atoms with Gasteiger partial charge in [0, 0.05) is 44.8 Å². The van der Waals surface area contributed by atoms with Crippen molar-refractivity contribution < 1.29 is 4.79 Å². The number of anilines is 1. The van der Waals surface area contributed by atoms with Crippen molar-refractivity contribution in [2.45, 2.75) is 19.9 Å². The van der Waals surface area contributed by atoms with Crippen LogP contribution in [0.5, 0.6) is 0 Å². The molecule has 2 aromatic rings. The van der Waals surface area contributed by atoms with Crippen LogP contribution in [0.1, 0.15) is 36.1 Å². The van der Waals surface area contributed by atoms with E-state index in [9.17, 15) is 4.79 Å². The first-order valence-electron chi connectivity index (χ1n) is 7.45.